The Labute approximate surface area is 76.1 Å². The summed E-state index contributed by atoms with van der Waals surface area (Å²) in [5.41, 5.74) is 0. The van der Waals surface area contributed by atoms with E-state index in [-0.39, 0.29) is 0 Å². The lowest BCUT2D eigenvalue weighted by Gasteiger charge is -2.01. The van der Waals surface area contributed by atoms with Crippen LogP contribution in [0.25, 0.3) is 0 Å². The van der Waals surface area contributed by atoms with Crippen LogP contribution in [0.4, 0.5) is 0 Å². The summed E-state index contributed by atoms with van der Waals surface area (Å²) in [4.78, 5) is 0. The van der Waals surface area contributed by atoms with Crippen molar-refractivity contribution >= 4 is 0 Å². The highest BCUT2D eigenvalue weighted by Gasteiger charge is 2.16. The third kappa shape index (κ3) is 2.12. The predicted octanol–water partition coefficient (Wildman–Crippen LogP) is 2.35. The molecule has 0 aliphatic heterocycles. The molecular weight excluding hydrogens is 144 g/mol. The molecule has 0 bridgehead atoms. The summed E-state index contributed by atoms with van der Waals surface area (Å²) in [6.45, 7) is 0. The van der Waals surface area contributed by atoms with Gasteiger partial charge in [-0.1, -0.05) is 12.2 Å². The fourth-order valence-electron chi connectivity index (χ4n) is 1.19. The van der Waals surface area contributed by atoms with Crippen molar-refractivity contribution in [2.75, 3.05) is 0 Å². The Balaban J connectivity index is 1.75. The molecule has 0 heteroatoms. The van der Waals surface area contributed by atoms with Crippen LogP contribution in [0.1, 0.15) is 0 Å². The fourth-order valence-corrected chi connectivity index (χ4v) is 1.19. The molecule has 12 heavy (non-hydrogen) atoms. The van der Waals surface area contributed by atoms with Crippen molar-refractivity contribution in [2.45, 2.75) is 0 Å². The van der Waals surface area contributed by atoms with Gasteiger partial charge in [-0.05, 0) is 51.4 Å². The lowest BCUT2D eigenvalue weighted by Crippen LogP contribution is -1.89. The second-order valence-corrected chi connectivity index (χ2v) is 2.77. The average Bonchev–Trinajstić information content (AvgIpc) is 2.74. The Bertz CT molecular complexity index is 127. The zero-order valence-electron chi connectivity index (χ0n) is 6.77. The van der Waals surface area contributed by atoms with Crippen molar-refractivity contribution < 1.29 is 0 Å². The minimum atomic E-state index is 1.26. The molecule has 0 aromatic carbocycles. The smallest absolute Gasteiger partial charge is 0.00469 e. The largest absolute Gasteiger partial charge is 0.0802 e. The lowest BCUT2D eigenvalue weighted by molar-refractivity contribution is 1.31. The Morgan fingerprint density at radius 3 is 1.25 bits per heavy atom. The number of allylic oxidation sites excluding steroid dienone is 2. The van der Waals surface area contributed by atoms with Crippen LogP contribution in [0.5, 0.6) is 0 Å². The molecule has 10 radical (unpaired) electrons. The van der Waals surface area contributed by atoms with Crippen molar-refractivity contribution in [1.82, 2.24) is 0 Å². The van der Waals surface area contributed by atoms with E-state index < -0.39 is 0 Å². The van der Waals surface area contributed by atoms with Crippen LogP contribution in [0.2, 0.25) is 0 Å². The van der Waals surface area contributed by atoms with E-state index in [0.29, 0.717) is 0 Å². The van der Waals surface area contributed by atoms with Crippen LogP contribution in [-0.2, 0) is 0 Å². The van der Waals surface area contributed by atoms with Crippen molar-refractivity contribution in [2.24, 2.45) is 0 Å². The fraction of sp³-hybridized carbons (Fsp3) is 0. The summed E-state index contributed by atoms with van der Waals surface area (Å²) in [6.07, 6.45) is 20.8. The maximum atomic E-state index is 2.12. The Hall–Kier alpha value is -0.260. The Morgan fingerprint density at radius 2 is 0.917 bits per heavy atom. The number of rotatable bonds is 2. The monoisotopic (exact) mass is 154 g/mol. The van der Waals surface area contributed by atoms with Gasteiger partial charge in [0.2, 0.25) is 0 Å². The second kappa shape index (κ2) is 4.11. The van der Waals surface area contributed by atoms with E-state index in [1.165, 1.54) is 11.8 Å². The van der Waals surface area contributed by atoms with Gasteiger partial charge in [0.15, 0.2) is 0 Å². The molecule has 0 nitrogen and oxygen atoms in total. The Kier molecular flexibility index (Phi) is 2.86. The zero-order chi connectivity index (χ0) is 8.23. The first-order valence-electron chi connectivity index (χ1n) is 4.07. The van der Waals surface area contributed by atoms with Gasteiger partial charge in [-0.15, -0.1) is 0 Å². The summed E-state index contributed by atoms with van der Waals surface area (Å²) >= 11 is 0. The number of hydrogen-bond donors (Lipinski definition) is 0. The molecule has 2 rings (SSSR count). The van der Waals surface area contributed by atoms with Crippen LogP contribution in [-0.4, -0.2) is 0 Å². The summed E-state index contributed by atoms with van der Waals surface area (Å²) in [5.74, 6) is 2.52. The first kappa shape index (κ1) is 8.34. The molecule has 0 amide bonds. The molecule has 0 spiro atoms. The summed E-state index contributed by atoms with van der Waals surface area (Å²) < 4.78 is 0. The normalized spacial score (nSPS) is 27.7. The predicted molar refractivity (Wildman–Crippen MR) is 50.0 cm³/mol. The molecule has 0 N–H and O–H groups in total. The maximum absolute atomic E-state index is 2.12. The van der Waals surface area contributed by atoms with Crippen LogP contribution >= 0.6 is 0 Å². The topological polar surface area (TPSA) is 0 Å². The summed E-state index contributed by atoms with van der Waals surface area (Å²) in [5, 5.41) is 0. The highest BCUT2D eigenvalue weighted by atomic mass is 14.2. The van der Waals surface area contributed by atoms with Gasteiger partial charge in [-0.3, -0.25) is 0 Å². The zero-order valence-corrected chi connectivity index (χ0v) is 6.77. The van der Waals surface area contributed by atoms with Crippen molar-refractivity contribution in [1.29, 1.82) is 0 Å². The van der Waals surface area contributed by atoms with E-state index in [9.17, 15) is 0 Å². The van der Waals surface area contributed by atoms with Gasteiger partial charge >= 0.3 is 0 Å². The molecule has 0 heterocycles. The van der Waals surface area contributed by atoms with Crippen LogP contribution in [0.3, 0.4) is 0 Å². The van der Waals surface area contributed by atoms with Crippen LogP contribution in [0.15, 0.2) is 12.2 Å². The van der Waals surface area contributed by atoms with Crippen molar-refractivity contribution in [3.8, 4) is 0 Å². The van der Waals surface area contributed by atoms with E-state index in [1.807, 2.05) is 25.7 Å². The summed E-state index contributed by atoms with van der Waals surface area (Å²) in [6, 6.07) is 0. The van der Waals surface area contributed by atoms with Crippen LogP contribution in [0, 0.1) is 63.2 Å². The second-order valence-electron chi connectivity index (χ2n) is 2.77. The van der Waals surface area contributed by atoms with E-state index in [0.717, 1.165) is 0 Å². The highest BCUT2D eigenvalue weighted by Crippen LogP contribution is 2.28. The minimum Gasteiger partial charge on any atom is -0.0802 e. The molecule has 2 saturated carbocycles. The molecule has 0 aromatic rings. The average molecular weight is 154 g/mol. The first-order chi connectivity index (χ1) is 5.95. The van der Waals surface area contributed by atoms with Crippen molar-refractivity contribution in [3.05, 3.63) is 75.4 Å². The standard InChI is InChI=1S/C12H10/c1-2-6-11(5-1)9-10-12-7-3-4-8-12/h1-10H/b10-9-. The van der Waals surface area contributed by atoms with Gasteiger partial charge in [0, 0.05) is 11.8 Å². The summed E-state index contributed by atoms with van der Waals surface area (Å²) in [7, 11) is 0. The molecule has 0 aromatic heterocycles. The molecular formula is C12H10. The van der Waals surface area contributed by atoms with Gasteiger partial charge in [0.05, 0.1) is 0 Å². The van der Waals surface area contributed by atoms with E-state index in [1.54, 1.807) is 0 Å². The molecule has 0 saturated heterocycles. The van der Waals surface area contributed by atoms with Gasteiger partial charge in [0.25, 0.3) is 0 Å². The maximum Gasteiger partial charge on any atom is 0.00469 e. The van der Waals surface area contributed by atoms with Crippen LogP contribution < -0.4 is 0 Å². The molecule has 2 fully saturated rings. The molecule has 0 atom stereocenters. The SMILES string of the molecule is [CH]1[CH][CH][C](/C=C\[C]2[CH][CH][CH][CH]2)[CH]1. The van der Waals surface area contributed by atoms with E-state index >= 15 is 0 Å². The van der Waals surface area contributed by atoms with Gasteiger partial charge < -0.3 is 0 Å². The highest BCUT2D eigenvalue weighted by molar-refractivity contribution is 5.48. The van der Waals surface area contributed by atoms with Gasteiger partial charge in [0.1, 0.15) is 0 Å². The quantitative estimate of drug-likeness (QED) is 0.572. The van der Waals surface area contributed by atoms with Gasteiger partial charge in [-0.25, -0.2) is 0 Å². The molecule has 2 aliphatic carbocycles. The van der Waals surface area contributed by atoms with E-state index in [4.69, 9.17) is 0 Å². The van der Waals surface area contributed by atoms with Crippen molar-refractivity contribution in [3.63, 3.8) is 0 Å². The molecule has 0 unspecified atom stereocenters. The molecule has 58 valence electrons. The number of hydrogen-bond acceptors (Lipinski definition) is 0. The third-order valence-corrected chi connectivity index (χ3v) is 1.85. The third-order valence-electron chi connectivity index (χ3n) is 1.85. The minimum absolute atomic E-state index is 1.26. The first-order valence-corrected chi connectivity index (χ1v) is 4.07. The van der Waals surface area contributed by atoms with Gasteiger partial charge in [-0.2, -0.15) is 0 Å². The molecule has 2 aliphatic rings. The van der Waals surface area contributed by atoms with E-state index in [2.05, 4.69) is 37.8 Å². The Morgan fingerprint density at radius 1 is 0.583 bits per heavy atom. The lowest BCUT2D eigenvalue weighted by atomic mass is 10.0.